The molecule has 1 fully saturated rings. The highest BCUT2D eigenvalue weighted by Crippen LogP contribution is 2.28. The van der Waals surface area contributed by atoms with Crippen LogP contribution in [0.15, 0.2) is 65.5 Å². The van der Waals surface area contributed by atoms with Crippen molar-refractivity contribution >= 4 is 11.6 Å². The molecular weight excluding hydrogens is 388 g/mol. The van der Waals surface area contributed by atoms with Crippen molar-refractivity contribution in [1.82, 2.24) is 14.5 Å². The Morgan fingerprint density at radius 1 is 1.03 bits per heavy atom. The Hall–Kier alpha value is -2.96. The van der Waals surface area contributed by atoms with Crippen molar-refractivity contribution in [3.63, 3.8) is 0 Å². The second-order valence-corrected chi connectivity index (χ2v) is 8.41. The number of ether oxygens (including phenoxy) is 1. The number of para-hydroxylation sites is 1. The predicted molar refractivity (Wildman–Crippen MR) is 122 cm³/mol. The van der Waals surface area contributed by atoms with Crippen LogP contribution in [-0.2, 0) is 17.8 Å². The average Bonchev–Trinajstić information content (AvgIpc) is 3.31. The van der Waals surface area contributed by atoms with Gasteiger partial charge in [-0.05, 0) is 37.5 Å². The Morgan fingerprint density at radius 3 is 2.48 bits per heavy atom. The second kappa shape index (κ2) is 8.65. The Kier molecular flexibility index (Phi) is 5.57. The highest BCUT2D eigenvalue weighted by molar-refractivity contribution is 5.58. The van der Waals surface area contributed by atoms with Crippen LogP contribution in [0, 0.1) is 6.92 Å². The molecule has 2 aliphatic rings. The van der Waals surface area contributed by atoms with Crippen molar-refractivity contribution in [2.24, 2.45) is 0 Å². The maximum Gasteiger partial charge on any atom is 0.259 e. The van der Waals surface area contributed by atoms with Gasteiger partial charge >= 0.3 is 0 Å². The number of hydrogen-bond acceptors (Lipinski definition) is 5. The van der Waals surface area contributed by atoms with E-state index < -0.39 is 0 Å². The van der Waals surface area contributed by atoms with Crippen molar-refractivity contribution < 1.29 is 4.74 Å². The van der Waals surface area contributed by atoms with E-state index in [4.69, 9.17) is 9.72 Å². The average molecular weight is 417 g/mol. The smallest absolute Gasteiger partial charge is 0.259 e. The fourth-order valence-electron chi connectivity index (χ4n) is 4.53. The van der Waals surface area contributed by atoms with E-state index in [1.54, 1.807) is 0 Å². The maximum atomic E-state index is 13.6. The first-order valence-electron chi connectivity index (χ1n) is 11.0. The van der Waals surface area contributed by atoms with Crippen LogP contribution in [0.1, 0.15) is 29.7 Å². The summed E-state index contributed by atoms with van der Waals surface area (Å²) in [4.78, 5) is 23.0. The van der Waals surface area contributed by atoms with E-state index in [1.165, 1.54) is 0 Å². The van der Waals surface area contributed by atoms with Gasteiger partial charge in [0.2, 0.25) is 5.95 Å². The van der Waals surface area contributed by atoms with Crippen LogP contribution >= 0.6 is 0 Å². The van der Waals surface area contributed by atoms with Crippen LogP contribution in [0.25, 0.3) is 0 Å². The molecular formula is C25H28N4O2. The number of hydrogen-bond donors (Lipinski definition) is 0. The molecule has 1 atom stereocenters. The van der Waals surface area contributed by atoms with Crippen molar-refractivity contribution in [2.75, 3.05) is 24.7 Å². The predicted octanol–water partition coefficient (Wildman–Crippen LogP) is 3.69. The Bertz CT molecular complexity index is 1090. The maximum absolute atomic E-state index is 13.6. The van der Waals surface area contributed by atoms with E-state index in [0.29, 0.717) is 25.7 Å². The third kappa shape index (κ3) is 4.13. The Balaban J connectivity index is 1.54. The van der Waals surface area contributed by atoms with Gasteiger partial charge in [-0.15, -0.1) is 0 Å². The number of fused-ring (bicyclic) bond motifs is 1. The van der Waals surface area contributed by atoms with Crippen LogP contribution < -0.4 is 10.5 Å². The van der Waals surface area contributed by atoms with Crippen molar-refractivity contribution in [1.29, 1.82) is 0 Å². The van der Waals surface area contributed by atoms with Gasteiger partial charge in [-0.1, -0.05) is 48.5 Å². The molecule has 6 nitrogen and oxygen atoms in total. The summed E-state index contributed by atoms with van der Waals surface area (Å²) in [5, 5.41) is 0. The Morgan fingerprint density at radius 2 is 1.77 bits per heavy atom. The summed E-state index contributed by atoms with van der Waals surface area (Å²) in [6.07, 6.45) is 3.02. The lowest BCUT2D eigenvalue weighted by Crippen LogP contribution is -2.50. The minimum Gasteiger partial charge on any atom is -0.377 e. The van der Waals surface area contributed by atoms with Crippen LogP contribution in [0.4, 0.5) is 11.6 Å². The molecule has 3 heterocycles. The zero-order valence-electron chi connectivity index (χ0n) is 17.9. The molecule has 1 aromatic heterocycles. The SMILES string of the molecule is Cc1nc2n(c(=O)c1Cc1ccccc1)CN(C[C@H]1CCCO1)CN2c1ccccc1. The first-order valence-corrected chi connectivity index (χ1v) is 11.0. The molecule has 5 rings (SSSR count). The minimum atomic E-state index is 0.0457. The third-order valence-electron chi connectivity index (χ3n) is 6.15. The molecule has 31 heavy (non-hydrogen) atoms. The summed E-state index contributed by atoms with van der Waals surface area (Å²) in [5.74, 6) is 0.717. The molecule has 0 N–H and O–H groups in total. The highest BCUT2D eigenvalue weighted by Gasteiger charge is 2.30. The molecule has 0 spiro atoms. The lowest BCUT2D eigenvalue weighted by molar-refractivity contribution is 0.0584. The van der Waals surface area contributed by atoms with Crippen molar-refractivity contribution in [3.8, 4) is 0 Å². The summed E-state index contributed by atoms with van der Waals surface area (Å²) in [6.45, 7) is 4.82. The van der Waals surface area contributed by atoms with Crippen LogP contribution in [0.3, 0.4) is 0 Å². The molecule has 0 unspecified atom stereocenters. The van der Waals surface area contributed by atoms with E-state index in [1.807, 2.05) is 47.9 Å². The number of aryl methyl sites for hydroxylation is 1. The van der Waals surface area contributed by atoms with Gasteiger partial charge in [0, 0.05) is 30.8 Å². The number of anilines is 2. The van der Waals surface area contributed by atoms with Gasteiger partial charge in [0.1, 0.15) is 0 Å². The topological polar surface area (TPSA) is 50.6 Å². The molecule has 3 aromatic rings. The minimum absolute atomic E-state index is 0.0457. The van der Waals surface area contributed by atoms with Gasteiger partial charge in [0.15, 0.2) is 0 Å². The first-order chi connectivity index (χ1) is 15.2. The van der Waals surface area contributed by atoms with Gasteiger partial charge in [-0.25, -0.2) is 4.98 Å². The molecule has 0 bridgehead atoms. The number of aromatic nitrogens is 2. The molecule has 6 heteroatoms. The van der Waals surface area contributed by atoms with Crippen LogP contribution in [0.5, 0.6) is 0 Å². The number of rotatable bonds is 5. The van der Waals surface area contributed by atoms with Gasteiger partial charge in [-0.3, -0.25) is 19.2 Å². The van der Waals surface area contributed by atoms with E-state index in [9.17, 15) is 4.79 Å². The largest absolute Gasteiger partial charge is 0.377 e. The quantitative estimate of drug-likeness (QED) is 0.635. The molecule has 2 aromatic carbocycles. The van der Waals surface area contributed by atoms with Gasteiger partial charge in [-0.2, -0.15) is 0 Å². The molecule has 0 saturated carbocycles. The monoisotopic (exact) mass is 416 g/mol. The van der Waals surface area contributed by atoms with Gasteiger partial charge in [0.05, 0.1) is 25.1 Å². The molecule has 0 radical (unpaired) electrons. The standard InChI is InChI=1S/C25H28N4O2/c1-19-23(15-20-9-4-2-5-10-20)24(30)29-18-27(16-22-13-8-14-31-22)17-28(25(29)26-19)21-11-6-3-7-12-21/h2-7,9-12,22H,8,13-18H2,1H3/t22-/m1/s1. The van der Waals surface area contributed by atoms with E-state index in [2.05, 4.69) is 34.1 Å². The zero-order chi connectivity index (χ0) is 21.2. The Labute approximate surface area is 182 Å². The lowest BCUT2D eigenvalue weighted by Gasteiger charge is -2.39. The normalized spacial score (nSPS) is 18.9. The van der Waals surface area contributed by atoms with Crippen LogP contribution in [-0.4, -0.2) is 40.4 Å². The molecule has 2 aliphatic heterocycles. The summed E-state index contributed by atoms with van der Waals surface area (Å²) in [5.41, 5.74) is 3.77. The summed E-state index contributed by atoms with van der Waals surface area (Å²) < 4.78 is 7.70. The van der Waals surface area contributed by atoms with E-state index >= 15 is 0 Å². The third-order valence-corrected chi connectivity index (χ3v) is 6.15. The fourth-order valence-corrected chi connectivity index (χ4v) is 4.53. The van der Waals surface area contributed by atoms with Crippen molar-refractivity contribution in [2.45, 2.75) is 39.0 Å². The van der Waals surface area contributed by atoms with E-state index in [0.717, 1.165) is 48.5 Å². The van der Waals surface area contributed by atoms with Gasteiger partial charge < -0.3 is 4.74 Å². The van der Waals surface area contributed by atoms with E-state index in [-0.39, 0.29) is 11.7 Å². The second-order valence-electron chi connectivity index (χ2n) is 8.41. The van der Waals surface area contributed by atoms with Gasteiger partial charge in [0.25, 0.3) is 5.56 Å². The summed E-state index contributed by atoms with van der Waals surface area (Å²) >= 11 is 0. The summed E-state index contributed by atoms with van der Waals surface area (Å²) in [7, 11) is 0. The van der Waals surface area contributed by atoms with Crippen LogP contribution in [0.2, 0.25) is 0 Å². The molecule has 1 saturated heterocycles. The molecule has 0 amide bonds. The highest BCUT2D eigenvalue weighted by atomic mass is 16.5. The molecule has 0 aliphatic carbocycles. The van der Waals surface area contributed by atoms with Crippen molar-refractivity contribution in [3.05, 3.63) is 87.8 Å². The lowest BCUT2D eigenvalue weighted by atomic mass is 10.1. The number of benzene rings is 2. The zero-order valence-corrected chi connectivity index (χ0v) is 17.9. The fraction of sp³-hybridized carbons (Fsp3) is 0.360. The summed E-state index contributed by atoms with van der Waals surface area (Å²) in [6, 6.07) is 20.3. The molecule has 160 valence electrons. The first kappa shape index (κ1) is 20.0. The number of nitrogens with zero attached hydrogens (tertiary/aromatic N) is 4.